The van der Waals surface area contributed by atoms with Gasteiger partial charge >= 0.3 is 6.18 Å². The fourth-order valence-electron chi connectivity index (χ4n) is 3.45. The van der Waals surface area contributed by atoms with Crippen molar-refractivity contribution >= 4 is 39.2 Å². The molecule has 2 heterocycles. The van der Waals surface area contributed by atoms with Crippen molar-refractivity contribution in [3.63, 3.8) is 0 Å². The normalized spacial score (nSPS) is 13.6. The highest BCUT2D eigenvalue weighted by molar-refractivity contribution is 7.99. The monoisotopic (exact) mass is 453 g/mol. The molecule has 1 aliphatic carbocycles. The van der Waals surface area contributed by atoms with Crippen molar-refractivity contribution < 1.29 is 18.0 Å². The number of carbonyl (C=O) groups is 1. The van der Waals surface area contributed by atoms with Gasteiger partial charge in [-0.1, -0.05) is 42.1 Å². The average Bonchev–Trinajstić information content (AvgIpc) is 3.28. The SMILES string of the molecule is O=C(CSc1nc2sc3c(c2c(=O)n1Cc1ccccc1)CCC3)NCC(F)(F)F. The molecule has 1 N–H and O–H groups in total. The number of benzene rings is 1. The van der Waals surface area contributed by atoms with E-state index >= 15 is 0 Å². The Balaban J connectivity index is 1.66. The van der Waals surface area contributed by atoms with Crippen LogP contribution >= 0.6 is 23.1 Å². The molecular weight excluding hydrogens is 435 g/mol. The van der Waals surface area contributed by atoms with Gasteiger partial charge in [-0.2, -0.15) is 13.2 Å². The number of amides is 1. The smallest absolute Gasteiger partial charge is 0.346 e. The Bertz CT molecular complexity index is 1140. The van der Waals surface area contributed by atoms with Gasteiger partial charge in [0.05, 0.1) is 17.7 Å². The largest absolute Gasteiger partial charge is 0.405 e. The van der Waals surface area contributed by atoms with E-state index in [1.807, 2.05) is 35.6 Å². The van der Waals surface area contributed by atoms with E-state index in [1.165, 1.54) is 20.8 Å². The molecule has 0 saturated carbocycles. The summed E-state index contributed by atoms with van der Waals surface area (Å²) in [5.41, 5.74) is 1.80. The molecule has 0 bridgehead atoms. The minimum atomic E-state index is -4.47. The maximum absolute atomic E-state index is 13.3. The highest BCUT2D eigenvalue weighted by atomic mass is 32.2. The summed E-state index contributed by atoms with van der Waals surface area (Å²) in [6, 6.07) is 9.39. The fraction of sp³-hybridized carbons (Fsp3) is 0.350. The number of rotatable bonds is 6. The van der Waals surface area contributed by atoms with Crippen molar-refractivity contribution in [1.29, 1.82) is 0 Å². The third kappa shape index (κ3) is 4.54. The minimum absolute atomic E-state index is 0.165. The van der Waals surface area contributed by atoms with Crippen molar-refractivity contribution in [3.05, 3.63) is 56.7 Å². The van der Waals surface area contributed by atoms with Crippen LogP contribution in [0.15, 0.2) is 40.3 Å². The number of fused-ring (bicyclic) bond motifs is 3. The topological polar surface area (TPSA) is 64.0 Å². The molecule has 30 heavy (non-hydrogen) atoms. The lowest BCUT2D eigenvalue weighted by atomic mass is 10.2. The van der Waals surface area contributed by atoms with Gasteiger partial charge in [0.15, 0.2) is 5.16 Å². The minimum Gasteiger partial charge on any atom is -0.346 e. The number of aryl methyl sites for hydroxylation is 2. The van der Waals surface area contributed by atoms with Gasteiger partial charge < -0.3 is 5.32 Å². The van der Waals surface area contributed by atoms with Crippen molar-refractivity contribution in [2.45, 2.75) is 37.1 Å². The summed E-state index contributed by atoms with van der Waals surface area (Å²) in [5, 5.41) is 2.81. The van der Waals surface area contributed by atoms with Crippen LogP contribution in [0.25, 0.3) is 10.2 Å². The van der Waals surface area contributed by atoms with E-state index in [1.54, 1.807) is 0 Å². The van der Waals surface area contributed by atoms with Crippen LogP contribution in [0, 0.1) is 0 Å². The van der Waals surface area contributed by atoms with E-state index in [-0.39, 0.29) is 17.9 Å². The third-order valence-corrected chi connectivity index (χ3v) is 6.95. The van der Waals surface area contributed by atoms with Crippen molar-refractivity contribution in [2.24, 2.45) is 0 Å². The molecule has 1 amide bonds. The Morgan fingerprint density at radius 2 is 2.00 bits per heavy atom. The van der Waals surface area contributed by atoms with Crippen LogP contribution in [0.2, 0.25) is 0 Å². The first-order chi connectivity index (χ1) is 14.3. The van der Waals surface area contributed by atoms with Crippen LogP contribution in [0.5, 0.6) is 0 Å². The Morgan fingerprint density at radius 3 is 2.73 bits per heavy atom. The maximum atomic E-state index is 13.3. The average molecular weight is 454 g/mol. The number of nitrogens with zero attached hydrogens (tertiary/aromatic N) is 2. The molecule has 1 aliphatic rings. The van der Waals surface area contributed by atoms with Crippen LogP contribution < -0.4 is 10.9 Å². The second-order valence-corrected chi connectivity index (χ2v) is 9.02. The van der Waals surface area contributed by atoms with Crippen LogP contribution in [-0.4, -0.2) is 33.9 Å². The number of thioether (sulfide) groups is 1. The predicted molar refractivity (Wildman–Crippen MR) is 111 cm³/mol. The molecule has 0 atom stereocenters. The number of halogens is 3. The molecular formula is C20H18F3N3O2S2. The van der Waals surface area contributed by atoms with E-state index in [2.05, 4.69) is 4.98 Å². The van der Waals surface area contributed by atoms with Crippen molar-refractivity contribution in [2.75, 3.05) is 12.3 Å². The summed E-state index contributed by atoms with van der Waals surface area (Å²) in [4.78, 5) is 31.6. The number of thiophene rings is 1. The quantitative estimate of drug-likeness (QED) is 0.456. The zero-order chi connectivity index (χ0) is 21.3. The van der Waals surface area contributed by atoms with Gasteiger partial charge in [0, 0.05) is 4.88 Å². The summed E-state index contributed by atoms with van der Waals surface area (Å²) in [6.07, 6.45) is -1.67. The molecule has 4 rings (SSSR count). The first-order valence-electron chi connectivity index (χ1n) is 9.37. The molecule has 2 aromatic heterocycles. The highest BCUT2D eigenvalue weighted by Crippen LogP contribution is 2.35. The molecule has 5 nitrogen and oxygen atoms in total. The molecule has 0 saturated heterocycles. The van der Waals surface area contributed by atoms with E-state index < -0.39 is 18.6 Å². The highest BCUT2D eigenvalue weighted by Gasteiger charge is 2.28. The zero-order valence-corrected chi connectivity index (χ0v) is 17.4. The lowest BCUT2D eigenvalue weighted by Gasteiger charge is -2.13. The van der Waals surface area contributed by atoms with E-state index in [0.29, 0.717) is 15.4 Å². The number of hydrogen-bond donors (Lipinski definition) is 1. The fourth-order valence-corrected chi connectivity index (χ4v) is 5.58. The van der Waals surface area contributed by atoms with Crippen LogP contribution in [0.1, 0.15) is 22.4 Å². The lowest BCUT2D eigenvalue weighted by Crippen LogP contribution is -2.35. The molecule has 0 aliphatic heterocycles. The number of carbonyl (C=O) groups excluding carboxylic acids is 1. The number of nitrogens with one attached hydrogen (secondary N) is 1. The van der Waals surface area contributed by atoms with Gasteiger partial charge in [-0.05, 0) is 30.4 Å². The number of alkyl halides is 3. The summed E-state index contributed by atoms with van der Waals surface area (Å²) >= 11 is 2.46. The van der Waals surface area contributed by atoms with Gasteiger partial charge in [-0.3, -0.25) is 14.2 Å². The Labute approximate surface area is 178 Å². The van der Waals surface area contributed by atoms with Gasteiger partial charge in [0.1, 0.15) is 11.4 Å². The molecule has 0 fully saturated rings. The third-order valence-electron chi connectivity index (χ3n) is 4.79. The molecule has 1 aromatic carbocycles. The standard InChI is InChI=1S/C20H18F3N3O2S2/c21-20(22,23)11-24-15(27)10-29-19-25-17-16(13-7-4-8-14(13)30-17)18(28)26(19)9-12-5-2-1-3-6-12/h1-3,5-6H,4,7-11H2,(H,24,27). The van der Waals surface area contributed by atoms with Crippen molar-refractivity contribution in [3.8, 4) is 0 Å². The molecule has 10 heteroatoms. The molecule has 0 spiro atoms. The van der Waals surface area contributed by atoms with Crippen molar-refractivity contribution in [1.82, 2.24) is 14.9 Å². The number of aromatic nitrogens is 2. The van der Waals surface area contributed by atoms with Crippen LogP contribution in [0.4, 0.5) is 13.2 Å². The summed E-state index contributed by atoms with van der Waals surface area (Å²) in [7, 11) is 0. The molecule has 0 unspecified atom stereocenters. The Kier molecular flexibility index (Phi) is 5.88. The summed E-state index contributed by atoms with van der Waals surface area (Å²) in [5.74, 6) is -1.01. The Morgan fingerprint density at radius 1 is 1.23 bits per heavy atom. The molecule has 3 aromatic rings. The van der Waals surface area contributed by atoms with E-state index in [4.69, 9.17) is 0 Å². The van der Waals surface area contributed by atoms with Gasteiger partial charge in [0.25, 0.3) is 5.56 Å². The van der Waals surface area contributed by atoms with Crippen LogP contribution in [0.3, 0.4) is 0 Å². The molecule has 158 valence electrons. The van der Waals surface area contributed by atoms with Gasteiger partial charge in [-0.15, -0.1) is 11.3 Å². The zero-order valence-electron chi connectivity index (χ0n) is 15.8. The van der Waals surface area contributed by atoms with Crippen LogP contribution in [-0.2, 0) is 24.2 Å². The predicted octanol–water partition coefficient (Wildman–Crippen LogP) is 3.77. The van der Waals surface area contributed by atoms with E-state index in [0.717, 1.165) is 42.2 Å². The first kappa shape index (κ1) is 20.9. The Hall–Kier alpha value is -2.33. The lowest BCUT2D eigenvalue weighted by molar-refractivity contribution is -0.136. The molecule has 0 radical (unpaired) electrons. The van der Waals surface area contributed by atoms with Gasteiger partial charge in [-0.25, -0.2) is 4.98 Å². The first-order valence-corrected chi connectivity index (χ1v) is 11.2. The number of hydrogen-bond acceptors (Lipinski definition) is 5. The summed E-state index contributed by atoms with van der Waals surface area (Å²) in [6.45, 7) is -1.10. The second kappa shape index (κ2) is 8.43. The van der Waals surface area contributed by atoms with Gasteiger partial charge in [0.2, 0.25) is 5.91 Å². The maximum Gasteiger partial charge on any atom is 0.405 e. The van der Waals surface area contributed by atoms with E-state index in [9.17, 15) is 22.8 Å². The second-order valence-electron chi connectivity index (χ2n) is 6.99. The summed E-state index contributed by atoms with van der Waals surface area (Å²) < 4.78 is 38.5.